The van der Waals surface area contributed by atoms with E-state index >= 15 is 0 Å². The van der Waals surface area contributed by atoms with Gasteiger partial charge in [0.2, 0.25) is 0 Å². The van der Waals surface area contributed by atoms with E-state index in [9.17, 15) is 15.0 Å². The highest BCUT2D eigenvalue weighted by Crippen LogP contribution is 2.41. The van der Waals surface area contributed by atoms with Gasteiger partial charge in [0, 0.05) is 6.08 Å². The van der Waals surface area contributed by atoms with Gasteiger partial charge in [0.15, 0.2) is 0 Å². The first kappa shape index (κ1) is 17.8. The zero-order valence-electron chi connectivity index (χ0n) is 15.2. The Labute approximate surface area is 159 Å². The molecule has 4 heteroatoms. The summed E-state index contributed by atoms with van der Waals surface area (Å²) in [5.74, 6) is 0.0912. The van der Waals surface area contributed by atoms with Gasteiger partial charge in [-0.3, -0.25) is 0 Å². The molecular formula is C23H24O4. The van der Waals surface area contributed by atoms with Crippen LogP contribution < -0.4 is 0 Å². The quantitative estimate of drug-likeness (QED) is 0.535. The summed E-state index contributed by atoms with van der Waals surface area (Å²) < 4.78 is 5.32. The molecule has 2 aromatic carbocycles. The van der Waals surface area contributed by atoms with Gasteiger partial charge >= 0.3 is 5.97 Å². The van der Waals surface area contributed by atoms with E-state index in [2.05, 4.69) is 18.7 Å². The lowest BCUT2D eigenvalue weighted by Crippen LogP contribution is -2.26. The summed E-state index contributed by atoms with van der Waals surface area (Å²) in [7, 11) is 0. The highest BCUT2D eigenvalue weighted by atomic mass is 16.5. The van der Waals surface area contributed by atoms with Crippen LogP contribution in [0.5, 0.6) is 5.75 Å². The maximum atomic E-state index is 11.3. The van der Waals surface area contributed by atoms with Crippen molar-refractivity contribution in [3.63, 3.8) is 0 Å². The molecule has 2 N–H and O–H groups in total. The van der Waals surface area contributed by atoms with Crippen molar-refractivity contribution in [2.24, 2.45) is 5.92 Å². The number of phenolic OH excluding ortho intramolecular Hbond substituents is 1. The summed E-state index contributed by atoms with van der Waals surface area (Å²) in [4.78, 5) is 11.3. The Morgan fingerprint density at radius 2 is 1.74 bits per heavy atom. The highest BCUT2D eigenvalue weighted by molar-refractivity contribution is 5.81. The number of hydrogen-bond acceptors (Lipinski definition) is 4. The largest absolute Gasteiger partial charge is 0.508 e. The zero-order chi connectivity index (χ0) is 19.0. The first-order chi connectivity index (χ1) is 13.0. The van der Waals surface area contributed by atoms with Crippen LogP contribution in [0.1, 0.15) is 48.5 Å². The summed E-state index contributed by atoms with van der Waals surface area (Å²) in [6.45, 7) is 3.43. The number of hydrogen-bond donors (Lipinski definition) is 2. The molecule has 0 aliphatic heterocycles. The minimum atomic E-state index is -0.511. The molecule has 0 bridgehead atoms. The third kappa shape index (κ3) is 3.50. The number of benzene rings is 2. The van der Waals surface area contributed by atoms with Crippen LogP contribution in [0.2, 0.25) is 0 Å². The molecule has 4 rings (SSSR count). The minimum absolute atomic E-state index is 0.0684. The number of aliphatic hydroxyl groups is 1. The van der Waals surface area contributed by atoms with Crippen LogP contribution in [-0.4, -0.2) is 22.3 Å². The molecule has 2 aliphatic rings. The van der Waals surface area contributed by atoms with Crippen molar-refractivity contribution < 1.29 is 19.7 Å². The Kier molecular flexibility index (Phi) is 4.75. The van der Waals surface area contributed by atoms with E-state index in [0.717, 1.165) is 48.8 Å². The van der Waals surface area contributed by atoms with Crippen LogP contribution in [-0.2, 0) is 16.0 Å². The van der Waals surface area contributed by atoms with Gasteiger partial charge in [-0.1, -0.05) is 30.8 Å². The van der Waals surface area contributed by atoms with E-state index in [-0.39, 0.29) is 23.7 Å². The average molecular weight is 364 g/mol. The molecule has 1 atom stereocenters. The fraction of sp³-hybridized carbons (Fsp3) is 0.348. The molecule has 2 aromatic rings. The smallest absolute Gasteiger partial charge is 0.330 e. The van der Waals surface area contributed by atoms with Gasteiger partial charge in [0.1, 0.15) is 11.9 Å². The van der Waals surface area contributed by atoms with Gasteiger partial charge in [-0.15, -0.1) is 0 Å². The predicted octanol–water partition coefficient (Wildman–Crippen LogP) is 4.28. The number of fused-ring (bicyclic) bond motifs is 3. The lowest BCUT2D eigenvalue weighted by Gasteiger charge is -2.31. The van der Waals surface area contributed by atoms with E-state index in [4.69, 9.17) is 4.74 Å². The van der Waals surface area contributed by atoms with E-state index in [1.54, 1.807) is 6.07 Å². The summed E-state index contributed by atoms with van der Waals surface area (Å²) in [5, 5.41) is 20.6. The Balaban J connectivity index is 1.45. The molecule has 1 fully saturated rings. The summed E-state index contributed by atoms with van der Waals surface area (Å²) in [6.07, 6.45) is 4.62. The van der Waals surface area contributed by atoms with Gasteiger partial charge < -0.3 is 14.9 Å². The van der Waals surface area contributed by atoms with Crippen LogP contribution in [0.15, 0.2) is 49.1 Å². The maximum Gasteiger partial charge on any atom is 0.330 e. The van der Waals surface area contributed by atoms with Gasteiger partial charge in [0.05, 0.1) is 6.10 Å². The molecule has 1 unspecified atom stereocenters. The Morgan fingerprint density at radius 3 is 2.44 bits per heavy atom. The van der Waals surface area contributed by atoms with Crippen molar-refractivity contribution in [3.8, 4) is 16.9 Å². The van der Waals surface area contributed by atoms with E-state index < -0.39 is 6.10 Å². The predicted molar refractivity (Wildman–Crippen MR) is 103 cm³/mol. The average Bonchev–Trinajstić information content (AvgIpc) is 3.04. The molecule has 27 heavy (non-hydrogen) atoms. The van der Waals surface area contributed by atoms with E-state index in [0.29, 0.717) is 0 Å². The van der Waals surface area contributed by atoms with Crippen LogP contribution >= 0.6 is 0 Å². The molecule has 0 amide bonds. The lowest BCUT2D eigenvalue weighted by molar-refractivity contribution is -0.145. The Morgan fingerprint density at radius 1 is 1.07 bits per heavy atom. The first-order valence-corrected chi connectivity index (χ1v) is 9.51. The fourth-order valence-electron chi connectivity index (χ4n) is 4.41. The second kappa shape index (κ2) is 7.20. The summed E-state index contributed by atoms with van der Waals surface area (Å²) >= 11 is 0. The third-order valence-corrected chi connectivity index (χ3v) is 5.85. The fourth-order valence-corrected chi connectivity index (χ4v) is 4.41. The number of rotatable bonds is 4. The molecule has 0 saturated heterocycles. The molecule has 2 aliphatic carbocycles. The number of ether oxygens (including phenoxy) is 1. The van der Waals surface area contributed by atoms with Crippen molar-refractivity contribution >= 4 is 5.97 Å². The maximum absolute atomic E-state index is 11.3. The van der Waals surface area contributed by atoms with Crippen LogP contribution in [0.25, 0.3) is 11.1 Å². The second-order valence-electron chi connectivity index (χ2n) is 7.56. The molecule has 0 spiro atoms. The standard InChI is InChI=1S/C23H24O4/c1-2-22(25)27-19-7-3-14(4-8-19)23(26)15-5-9-20-16(11-15)12-17-13-18(24)6-10-21(17)20/h2,5-6,9-11,13-14,19,23-24,26H,1,3-4,7-8,12H2. The monoisotopic (exact) mass is 364 g/mol. The van der Waals surface area contributed by atoms with Gasteiger partial charge in [0.25, 0.3) is 0 Å². The van der Waals surface area contributed by atoms with Crippen LogP contribution in [0.3, 0.4) is 0 Å². The molecule has 0 aromatic heterocycles. The van der Waals surface area contributed by atoms with E-state index in [1.165, 1.54) is 17.2 Å². The highest BCUT2D eigenvalue weighted by Gasteiger charge is 2.29. The van der Waals surface area contributed by atoms with Crippen molar-refractivity contribution in [2.75, 3.05) is 0 Å². The normalized spacial score (nSPS) is 21.8. The van der Waals surface area contributed by atoms with Crippen molar-refractivity contribution in [2.45, 2.75) is 44.3 Å². The second-order valence-corrected chi connectivity index (χ2v) is 7.56. The molecule has 4 nitrogen and oxygen atoms in total. The topological polar surface area (TPSA) is 66.8 Å². The third-order valence-electron chi connectivity index (χ3n) is 5.85. The number of esters is 1. The SMILES string of the molecule is C=CC(=O)OC1CCC(C(O)c2ccc3c(c2)Cc2cc(O)ccc2-3)CC1. The van der Waals surface area contributed by atoms with Crippen LogP contribution in [0.4, 0.5) is 0 Å². The van der Waals surface area contributed by atoms with Gasteiger partial charge in [-0.2, -0.15) is 0 Å². The summed E-state index contributed by atoms with van der Waals surface area (Å²) in [6, 6.07) is 11.7. The number of carbonyl (C=O) groups is 1. The Hall–Kier alpha value is -2.59. The molecular weight excluding hydrogens is 340 g/mol. The van der Waals surface area contributed by atoms with Crippen molar-refractivity contribution in [1.82, 2.24) is 0 Å². The number of carbonyl (C=O) groups excluding carboxylic acids is 1. The molecule has 140 valence electrons. The first-order valence-electron chi connectivity index (χ1n) is 9.51. The van der Waals surface area contributed by atoms with E-state index in [1.807, 2.05) is 18.2 Å². The minimum Gasteiger partial charge on any atom is -0.508 e. The van der Waals surface area contributed by atoms with Crippen molar-refractivity contribution in [1.29, 1.82) is 0 Å². The molecule has 0 radical (unpaired) electrons. The van der Waals surface area contributed by atoms with Gasteiger partial charge in [-0.25, -0.2) is 4.79 Å². The lowest BCUT2D eigenvalue weighted by atomic mass is 9.81. The number of phenols is 1. The number of aromatic hydroxyl groups is 1. The number of aliphatic hydroxyl groups excluding tert-OH is 1. The van der Waals surface area contributed by atoms with Crippen LogP contribution in [0, 0.1) is 5.92 Å². The Bertz CT molecular complexity index is 878. The zero-order valence-corrected chi connectivity index (χ0v) is 15.2. The molecule has 0 heterocycles. The summed E-state index contributed by atoms with van der Waals surface area (Å²) in [5.41, 5.74) is 5.61. The molecule has 1 saturated carbocycles. The van der Waals surface area contributed by atoms with Gasteiger partial charge in [-0.05, 0) is 78.0 Å². The van der Waals surface area contributed by atoms with Crippen molar-refractivity contribution in [3.05, 3.63) is 65.7 Å².